The fourth-order valence-corrected chi connectivity index (χ4v) is 3.12. The van der Waals surface area contributed by atoms with E-state index in [9.17, 15) is 4.39 Å². The standard InChI is InChI=1S/C16H23ClFN/c1-10-4-6-14(8-11(10)2)19-12(3)13-5-7-16(18)15(17)9-13/h5,7,9-12,14,19H,4,6,8H2,1-3H3. The number of rotatable bonds is 3. The van der Waals surface area contributed by atoms with E-state index in [2.05, 4.69) is 26.1 Å². The molecule has 1 N–H and O–H groups in total. The third kappa shape index (κ3) is 3.70. The van der Waals surface area contributed by atoms with Crippen molar-refractivity contribution in [2.24, 2.45) is 11.8 Å². The minimum absolute atomic E-state index is 0.205. The van der Waals surface area contributed by atoms with Gasteiger partial charge in [0.1, 0.15) is 5.82 Å². The SMILES string of the molecule is CC(NC1CCC(C)C(C)C1)c1ccc(F)c(Cl)c1. The van der Waals surface area contributed by atoms with Crippen molar-refractivity contribution >= 4 is 11.6 Å². The zero-order chi connectivity index (χ0) is 14.0. The summed E-state index contributed by atoms with van der Waals surface area (Å²) in [5.74, 6) is 1.25. The largest absolute Gasteiger partial charge is 0.307 e. The van der Waals surface area contributed by atoms with Crippen molar-refractivity contribution in [3.8, 4) is 0 Å². The summed E-state index contributed by atoms with van der Waals surface area (Å²) in [6.07, 6.45) is 3.74. The molecule has 2 rings (SSSR count). The Morgan fingerprint density at radius 3 is 2.63 bits per heavy atom. The van der Waals surface area contributed by atoms with E-state index >= 15 is 0 Å². The molecule has 1 aromatic carbocycles. The predicted octanol–water partition coefficient (Wildman–Crippen LogP) is 4.95. The fourth-order valence-electron chi connectivity index (χ4n) is 2.93. The quantitative estimate of drug-likeness (QED) is 0.827. The van der Waals surface area contributed by atoms with E-state index in [1.807, 2.05) is 6.07 Å². The first-order valence-electron chi connectivity index (χ1n) is 7.18. The molecule has 1 aromatic rings. The molecule has 1 nitrogen and oxygen atoms in total. The van der Waals surface area contributed by atoms with Crippen LogP contribution in [0.3, 0.4) is 0 Å². The lowest BCUT2D eigenvalue weighted by Gasteiger charge is -2.34. The van der Waals surface area contributed by atoms with E-state index in [0.717, 1.165) is 17.4 Å². The fraction of sp³-hybridized carbons (Fsp3) is 0.625. The van der Waals surface area contributed by atoms with Crippen molar-refractivity contribution in [2.45, 2.75) is 52.1 Å². The van der Waals surface area contributed by atoms with Crippen LogP contribution in [0.1, 0.15) is 51.6 Å². The van der Waals surface area contributed by atoms with Gasteiger partial charge in [-0.25, -0.2) is 4.39 Å². The van der Waals surface area contributed by atoms with E-state index < -0.39 is 0 Å². The highest BCUT2D eigenvalue weighted by molar-refractivity contribution is 6.30. The van der Waals surface area contributed by atoms with Gasteiger partial charge in [0.25, 0.3) is 0 Å². The van der Waals surface area contributed by atoms with Gasteiger partial charge in [-0.15, -0.1) is 0 Å². The average molecular weight is 284 g/mol. The summed E-state index contributed by atoms with van der Waals surface area (Å²) < 4.78 is 13.2. The maximum atomic E-state index is 13.2. The molecular formula is C16H23ClFN. The van der Waals surface area contributed by atoms with Gasteiger partial charge in [0, 0.05) is 12.1 Å². The monoisotopic (exact) mass is 283 g/mol. The summed E-state index contributed by atoms with van der Waals surface area (Å²) in [4.78, 5) is 0. The molecule has 1 aliphatic carbocycles. The van der Waals surface area contributed by atoms with Crippen LogP contribution >= 0.6 is 11.6 Å². The Morgan fingerprint density at radius 2 is 2.00 bits per heavy atom. The summed E-state index contributed by atoms with van der Waals surface area (Å²) in [7, 11) is 0. The van der Waals surface area contributed by atoms with Gasteiger partial charge < -0.3 is 5.32 Å². The van der Waals surface area contributed by atoms with Crippen LogP contribution in [0.2, 0.25) is 5.02 Å². The molecule has 0 aliphatic heterocycles. The highest BCUT2D eigenvalue weighted by Gasteiger charge is 2.25. The van der Waals surface area contributed by atoms with Crippen LogP contribution in [0.15, 0.2) is 18.2 Å². The van der Waals surface area contributed by atoms with Crippen molar-refractivity contribution in [2.75, 3.05) is 0 Å². The molecular weight excluding hydrogens is 261 g/mol. The number of halogens is 2. The molecule has 1 fully saturated rings. The van der Waals surface area contributed by atoms with Gasteiger partial charge in [0.15, 0.2) is 0 Å². The molecule has 4 atom stereocenters. The van der Waals surface area contributed by atoms with E-state index in [-0.39, 0.29) is 16.9 Å². The average Bonchev–Trinajstić information content (AvgIpc) is 2.37. The lowest BCUT2D eigenvalue weighted by Crippen LogP contribution is -2.37. The van der Waals surface area contributed by atoms with Crippen LogP contribution in [0.5, 0.6) is 0 Å². The van der Waals surface area contributed by atoms with E-state index in [4.69, 9.17) is 11.6 Å². The van der Waals surface area contributed by atoms with Crippen LogP contribution in [-0.4, -0.2) is 6.04 Å². The molecule has 0 aromatic heterocycles. The second-order valence-electron chi connectivity index (χ2n) is 6.03. The number of hydrogen-bond donors (Lipinski definition) is 1. The second-order valence-corrected chi connectivity index (χ2v) is 6.43. The van der Waals surface area contributed by atoms with Gasteiger partial charge in [-0.3, -0.25) is 0 Å². The summed E-state index contributed by atoms with van der Waals surface area (Å²) in [5.41, 5.74) is 1.05. The topological polar surface area (TPSA) is 12.0 Å². The maximum Gasteiger partial charge on any atom is 0.141 e. The Bertz CT molecular complexity index is 435. The molecule has 1 aliphatic rings. The summed E-state index contributed by atoms with van der Waals surface area (Å²) in [6, 6.07) is 5.76. The Labute approximate surface area is 120 Å². The highest BCUT2D eigenvalue weighted by atomic mass is 35.5. The van der Waals surface area contributed by atoms with Gasteiger partial charge in [0.05, 0.1) is 5.02 Å². The highest BCUT2D eigenvalue weighted by Crippen LogP contribution is 2.31. The minimum Gasteiger partial charge on any atom is -0.307 e. The van der Waals surface area contributed by atoms with Crippen LogP contribution in [0.25, 0.3) is 0 Å². The molecule has 19 heavy (non-hydrogen) atoms. The molecule has 0 heterocycles. The first kappa shape index (κ1) is 14.8. The number of nitrogens with one attached hydrogen (secondary N) is 1. The first-order chi connectivity index (χ1) is 8.97. The number of hydrogen-bond acceptors (Lipinski definition) is 1. The Morgan fingerprint density at radius 1 is 1.26 bits per heavy atom. The normalized spacial score (nSPS) is 29.2. The van der Waals surface area contributed by atoms with Gasteiger partial charge in [-0.05, 0) is 55.7 Å². The van der Waals surface area contributed by atoms with Gasteiger partial charge in [0.2, 0.25) is 0 Å². The lowest BCUT2D eigenvalue weighted by molar-refractivity contribution is 0.217. The molecule has 3 heteroatoms. The molecule has 0 bridgehead atoms. The van der Waals surface area contributed by atoms with Crippen molar-refractivity contribution < 1.29 is 4.39 Å². The molecule has 4 unspecified atom stereocenters. The maximum absolute atomic E-state index is 13.2. The zero-order valence-corrected chi connectivity index (χ0v) is 12.7. The van der Waals surface area contributed by atoms with Gasteiger partial charge in [-0.1, -0.05) is 31.5 Å². The van der Waals surface area contributed by atoms with Crippen molar-refractivity contribution in [3.05, 3.63) is 34.6 Å². The van der Waals surface area contributed by atoms with Gasteiger partial charge in [-0.2, -0.15) is 0 Å². The van der Waals surface area contributed by atoms with Crippen LogP contribution < -0.4 is 5.32 Å². The molecule has 106 valence electrons. The summed E-state index contributed by atoms with van der Waals surface area (Å²) in [5, 5.41) is 3.86. The van der Waals surface area contributed by atoms with E-state index in [1.165, 1.54) is 25.3 Å². The van der Waals surface area contributed by atoms with E-state index in [1.54, 1.807) is 6.07 Å². The summed E-state index contributed by atoms with van der Waals surface area (Å²) in [6.45, 7) is 6.79. The third-order valence-corrected chi connectivity index (χ3v) is 4.82. The predicted molar refractivity (Wildman–Crippen MR) is 78.9 cm³/mol. The molecule has 1 saturated carbocycles. The van der Waals surface area contributed by atoms with Gasteiger partial charge >= 0.3 is 0 Å². The smallest absolute Gasteiger partial charge is 0.141 e. The number of benzene rings is 1. The summed E-state index contributed by atoms with van der Waals surface area (Å²) >= 11 is 5.84. The minimum atomic E-state index is -0.349. The zero-order valence-electron chi connectivity index (χ0n) is 11.9. The van der Waals surface area contributed by atoms with Crippen LogP contribution in [0, 0.1) is 17.7 Å². The Hall–Kier alpha value is -0.600. The van der Waals surface area contributed by atoms with Crippen LogP contribution in [-0.2, 0) is 0 Å². The van der Waals surface area contributed by atoms with Crippen molar-refractivity contribution in [3.63, 3.8) is 0 Å². The molecule has 0 spiro atoms. The molecule has 0 radical (unpaired) electrons. The lowest BCUT2D eigenvalue weighted by atomic mass is 9.79. The van der Waals surface area contributed by atoms with E-state index in [0.29, 0.717) is 6.04 Å². The Kier molecular flexibility index (Phi) is 4.86. The van der Waals surface area contributed by atoms with Crippen LogP contribution in [0.4, 0.5) is 4.39 Å². The molecule has 0 saturated heterocycles. The van der Waals surface area contributed by atoms with Crippen molar-refractivity contribution in [1.29, 1.82) is 0 Å². The first-order valence-corrected chi connectivity index (χ1v) is 7.56. The Balaban J connectivity index is 1.97. The second kappa shape index (κ2) is 6.23. The molecule has 0 amide bonds. The van der Waals surface area contributed by atoms with Crippen molar-refractivity contribution in [1.82, 2.24) is 5.32 Å². The third-order valence-electron chi connectivity index (χ3n) is 4.53.